The fourth-order valence-electron chi connectivity index (χ4n) is 2.38. The van der Waals surface area contributed by atoms with Crippen molar-refractivity contribution in [1.29, 1.82) is 0 Å². The second kappa shape index (κ2) is 10.3. The molecule has 0 aromatic rings. The maximum absolute atomic E-state index is 5.90. The van der Waals surface area contributed by atoms with Gasteiger partial charge in [0.15, 0.2) is 16.6 Å². The van der Waals surface area contributed by atoms with Crippen molar-refractivity contribution in [2.75, 3.05) is 0 Å². The molecule has 0 atom stereocenters. The zero-order valence-corrected chi connectivity index (χ0v) is 26.0. The number of hydrogen-bond acceptors (Lipinski definition) is 4. The second-order valence-electron chi connectivity index (χ2n) is 10.1. The van der Waals surface area contributed by atoms with Crippen molar-refractivity contribution < 1.29 is 16.5 Å². The summed E-state index contributed by atoms with van der Waals surface area (Å²) >= 11 is 5.67. The number of halogens is 1. The third-order valence-corrected chi connectivity index (χ3v) is 18.0. The van der Waals surface area contributed by atoms with Crippen molar-refractivity contribution in [1.82, 2.24) is 0 Å². The molecule has 0 N–H and O–H groups in total. The Bertz CT molecular complexity index is 354. The summed E-state index contributed by atoms with van der Waals surface area (Å²) in [6, 6.07) is 0. The van der Waals surface area contributed by atoms with Crippen LogP contribution in [-0.4, -0.2) is 50.4 Å². The lowest BCUT2D eigenvalue weighted by atomic mass is 11.8. The fourth-order valence-corrected chi connectivity index (χ4v) is 22.7. The Morgan fingerprint density at radius 1 is 0.720 bits per heavy atom. The highest BCUT2D eigenvalue weighted by Gasteiger charge is 2.43. The lowest BCUT2D eigenvalue weighted by Crippen LogP contribution is -2.58. The molecule has 1 fully saturated rings. The van der Waals surface area contributed by atoms with Gasteiger partial charge in [-0.2, -0.15) is 11.1 Å². The Hall–Kier alpha value is 1.43. The monoisotopic (exact) mass is 478 g/mol. The first-order valence-electron chi connectivity index (χ1n) is 8.96. The molecular formula is C14H43ClO4Si6. The molecule has 1 rings (SSSR count). The van der Waals surface area contributed by atoms with Gasteiger partial charge in [-0.15, -0.1) is 0 Å². The van der Waals surface area contributed by atoms with Crippen molar-refractivity contribution in [3.63, 3.8) is 0 Å². The highest BCUT2D eigenvalue weighted by molar-refractivity contribution is 7.18. The summed E-state index contributed by atoms with van der Waals surface area (Å²) < 4.78 is 23.1. The van der Waals surface area contributed by atoms with E-state index in [1.807, 2.05) is 0 Å². The van der Waals surface area contributed by atoms with Gasteiger partial charge in [0.1, 0.15) is 7.38 Å². The smallest absolute Gasteiger partial charge is 0.313 e. The Morgan fingerprint density at radius 2 is 0.960 bits per heavy atom. The molecule has 0 amide bonds. The van der Waals surface area contributed by atoms with Gasteiger partial charge in [-0.1, -0.05) is 19.6 Å². The van der Waals surface area contributed by atoms with Crippen molar-refractivity contribution in [3.8, 4) is 0 Å². The van der Waals surface area contributed by atoms with Gasteiger partial charge in [0.25, 0.3) is 0 Å². The predicted octanol–water partition coefficient (Wildman–Crippen LogP) is 6.04. The van der Waals surface area contributed by atoms with Gasteiger partial charge in [-0.05, 0) is 72.0 Å². The van der Waals surface area contributed by atoms with Crippen molar-refractivity contribution in [2.45, 2.75) is 91.7 Å². The Kier molecular flexibility index (Phi) is 11.8. The third-order valence-electron chi connectivity index (χ3n) is 2.00. The SMILES string of the molecule is C[SiH]1O[Si](C)(C)O[Si](C)(C)O1.C[Si](C)(C)Cl.C[Si](C)(C)O[Si](C)(C)C. The van der Waals surface area contributed by atoms with Gasteiger partial charge in [0.05, 0.1) is 0 Å². The van der Waals surface area contributed by atoms with Crippen LogP contribution >= 0.6 is 11.1 Å². The molecule has 0 saturated carbocycles. The van der Waals surface area contributed by atoms with Crippen LogP contribution in [-0.2, 0) is 16.5 Å². The van der Waals surface area contributed by atoms with E-state index in [0.29, 0.717) is 0 Å². The molecule has 154 valence electrons. The van der Waals surface area contributed by atoms with Gasteiger partial charge >= 0.3 is 26.4 Å². The summed E-state index contributed by atoms with van der Waals surface area (Å²) in [5.41, 5.74) is 0. The van der Waals surface area contributed by atoms with Crippen LogP contribution < -0.4 is 0 Å². The highest BCUT2D eigenvalue weighted by Crippen LogP contribution is 2.23. The molecule has 0 bridgehead atoms. The minimum Gasteiger partial charge on any atom is -0.456 e. The second-order valence-corrected chi connectivity index (χ2v) is 36.3. The Morgan fingerprint density at radius 3 is 1.08 bits per heavy atom. The molecule has 0 unspecified atom stereocenters. The molecule has 0 aromatic heterocycles. The van der Waals surface area contributed by atoms with E-state index in [0.717, 1.165) is 0 Å². The topological polar surface area (TPSA) is 36.9 Å². The summed E-state index contributed by atoms with van der Waals surface area (Å²) in [5.74, 6) is 0. The maximum atomic E-state index is 5.90. The van der Waals surface area contributed by atoms with Crippen LogP contribution in [0, 0.1) is 0 Å². The molecule has 25 heavy (non-hydrogen) atoms. The van der Waals surface area contributed by atoms with Gasteiger partial charge in [-0.25, -0.2) is 0 Å². The van der Waals surface area contributed by atoms with E-state index in [2.05, 4.69) is 91.7 Å². The predicted molar refractivity (Wildman–Crippen MR) is 128 cm³/mol. The molecule has 1 saturated heterocycles. The van der Waals surface area contributed by atoms with E-state index >= 15 is 0 Å². The van der Waals surface area contributed by atoms with E-state index in [1.54, 1.807) is 0 Å². The lowest BCUT2D eigenvalue weighted by Gasteiger charge is -2.41. The minimum atomic E-state index is -1.79. The average Bonchev–Trinajstić information content (AvgIpc) is 1.99. The van der Waals surface area contributed by atoms with E-state index < -0.39 is 50.4 Å². The fraction of sp³-hybridized carbons (Fsp3) is 1.00. The van der Waals surface area contributed by atoms with E-state index in [-0.39, 0.29) is 0 Å². The minimum absolute atomic E-state index is 1.14. The zero-order chi connectivity index (χ0) is 20.9. The first kappa shape index (κ1) is 28.6. The van der Waals surface area contributed by atoms with Crippen LogP contribution in [0.15, 0.2) is 0 Å². The molecule has 11 heteroatoms. The number of hydrogen-bond donors (Lipinski definition) is 0. The van der Waals surface area contributed by atoms with Crippen molar-refractivity contribution in [3.05, 3.63) is 0 Å². The van der Waals surface area contributed by atoms with Crippen molar-refractivity contribution in [2.24, 2.45) is 0 Å². The zero-order valence-electron chi connectivity index (χ0n) is 19.1. The summed E-state index contributed by atoms with van der Waals surface area (Å²) in [4.78, 5) is 0. The molecule has 0 radical (unpaired) electrons. The summed E-state index contributed by atoms with van der Waals surface area (Å²) in [6.45, 7) is 30.2. The van der Waals surface area contributed by atoms with Crippen LogP contribution in [0.25, 0.3) is 0 Å². The van der Waals surface area contributed by atoms with Gasteiger partial charge in [0.2, 0.25) is 0 Å². The molecule has 0 aromatic carbocycles. The molecule has 1 aliphatic rings. The summed E-state index contributed by atoms with van der Waals surface area (Å²) in [5, 5.41) is 0. The van der Waals surface area contributed by atoms with Crippen LogP contribution in [0.5, 0.6) is 0 Å². The van der Waals surface area contributed by atoms with Crippen LogP contribution in [0.4, 0.5) is 0 Å². The molecule has 1 heterocycles. The highest BCUT2D eigenvalue weighted by atomic mass is 35.6. The van der Waals surface area contributed by atoms with Gasteiger partial charge in [-0.3, -0.25) is 0 Å². The first-order chi connectivity index (χ1) is 10.5. The van der Waals surface area contributed by atoms with Crippen LogP contribution in [0.1, 0.15) is 0 Å². The Labute approximate surface area is 169 Å². The molecule has 0 spiro atoms. The molecular weight excluding hydrogens is 436 g/mol. The van der Waals surface area contributed by atoms with Crippen LogP contribution in [0.3, 0.4) is 0 Å². The normalized spacial score (nSPS) is 20.8. The lowest BCUT2D eigenvalue weighted by molar-refractivity contribution is 0.255. The van der Waals surface area contributed by atoms with Crippen LogP contribution in [0.2, 0.25) is 91.7 Å². The number of rotatable bonds is 2. The average molecular weight is 479 g/mol. The molecule has 1 aliphatic heterocycles. The quantitative estimate of drug-likeness (QED) is 0.358. The third kappa shape index (κ3) is 25.4. The van der Waals surface area contributed by atoms with E-state index in [4.69, 9.17) is 27.5 Å². The maximum Gasteiger partial charge on any atom is 0.313 e. The van der Waals surface area contributed by atoms with Gasteiger partial charge < -0.3 is 16.5 Å². The van der Waals surface area contributed by atoms with E-state index in [1.165, 1.54) is 0 Å². The summed E-state index contributed by atoms with van der Waals surface area (Å²) in [7, 11) is -8.53. The largest absolute Gasteiger partial charge is 0.456 e. The molecule has 4 nitrogen and oxygen atoms in total. The standard InChI is InChI=1S/C6H18OSi2.C5H16O3Si3.C3H9ClSi/c1-8(2,3)7-9(4,5)6;1-9-6-10(2,3)8-11(4,5)7-9;1-5(2,3)4/h1-6H3;9H,1-5H3;1-3H3. The molecule has 0 aliphatic carbocycles. The van der Waals surface area contributed by atoms with Gasteiger partial charge in [0, 0.05) is 0 Å². The summed E-state index contributed by atoms with van der Waals surface area (Å²) in [6.07, 6.45) is 0. The first-order valence-corrected chi connectivity index (χ1v) is 28.0. The Balaban J connectivity index is 0. The van der Waals surface area contributed by atoms with E-state index in [9.17, 15) is 0 Å². The van der Waals surface area contributed by atoms with Crippen molar-refractivity contribution >= 4 is 61.5 Å².